The summed E-state index contributed by atoms with van der Waals surface area (Å²) in [5, 5.41) is 3.17. The molecule has 0 spiro atoms. The topological polar surface area (TPSA) is 47.6 Å². The minimum Gasteiger partial charge on any atom is -0.491 e. The molecule has 4 heteroatoms. The zero-order valence-electron chi connectivity index (χ0n) is 12.3. The number of nitrogens with one attached hydrogen (secondary N) is 1. The summed E-state index contributed by atoms with van der Waals surface area (Å²) in [6.07, 6.45) is 0.131. The predicted octanol–water partition coefficient (Wildman–Crippen LogP) is 2.47. The molecule has 0 radical (unpaired) electrons. The summed E-state index contributed by atoms with van der Waals surface area (Å²) >= 11 is 0. The molecule has 0 saturated carbocycles. The molecular formula is C15H23NO3. The van der Waals surface area contributed by atoms with E-state index in [1.54, 1.807) is 0 Å². The van der Waals surface area contributed by atoms with Gasteiger partial charge in [-0.2, -0.15) is 0 Å². The Balaban J connectivity index is 3.01. The van der Waals surface area contributed by atoms with Crippen LogP contribution in [0.3, 0.4) is 0 Å². The van der Waals surface area contributed by atoms with Crippen molar-refractivity contribution in [1.82, 2.24) is 5.32 Å². The van der Waals surface area contributed by atoms with Gasteiger partial charge in [0.25, 0.3) is 0 Å². The molecule has 0 saturated heterocycles. The third-order valence-corrected chi connectivity index (χ3v) is 2.93. The molecule has 1 unspecified atom stereocenters. The number of likely N-dealkylation sites (N-methyl/N-ethyl adjacent to an activating group) is 1. The zero-order valence-corrected chi connectivity index (χ0v) is 12.3. The van der Waals surface area contributed by atoms with Gasteiger partial charge in [-0.1, -0.05) is 19.1 Å². The van der Waals surface area contributed by atoms with Gasteiger partial charge in [0.15, 0.2) is 0 Å². The number of methoxy groups -OCH3 is 1. The van der Waals surface area contributed by atoms with E-state index in [4.69, 9.17) is 9.47 Å². The number of benzene rings is 1. The van der Waals surface area contributed by atoms with Gasteiger partial charge in [0, 0.05) is 0 Å². The minimum absolute atomic E-state index is 0.131. The monoisotopic (exact) mass is 265 g/mol. The molecule has 106 valence electrons. The molecule has 0 aliphatic carbocycles. The fourth-order valence-corrected chi connectivity index (χ4v) is 1.99. The van der Waals surface area contributed by atoms with Crippen LogP contribution in [0.1, 0.15) is 33.3 Å². The lowest BCUT2D eigenvalue weighted by molar-refractivity contribution is -0.148. The summed E-state index contributed by atoms with van der Waals surface area (Å²) < 4.78 is 10.5. The Kier molecular flexibility index (Phi) is 5.36. The maximum atomic E-state index is 12.0. The van der Waals surface area contributed by atoms with Crippen molar-refractivity contribution in [3.63, 3.8) is 0 Å². The van der Waals surface area contributed by atoms with E-state index >= 15 is 0 Å². The van der Waals surface area contributed by atoms with Crippen LogP contribution in [0.15, 0.2) is 24.3 Å². The number of carbonyl (C=O) groups is 1. The summed E-state index contributed by atoms with van der Waals surface area (Å²) in [6, 6.07) is 7.51. The van der Waals surface area contributed by atoms with Crippen molar-refractivity contribution in [1.29, 1.82) is 0 Å². The molecule has 0 bridgehead atoms. The van der Waals surface area contributed by atoms with Gasteiger partial charge < -0.3 is 9.47 Å². The second-order valence-corrected chi connectivity index (χ2v) is 4.84. The van der Waals surface area contributed by atoms with Crippen LogP contribution < -0.4 is 10.1 Å². The highest BCUT2D eigenvalue weighted by Gasteiger charge is 2.35. The van der Waals surface area contributed by atoms with Gasteiger partial charge in [0.2, 0.25) is 0 Å². The van der Waals surface area contributed by atoms with E-state index < -0.39 is 5.54 Å². The Bertz CT molecular complexity index is 414. The van der Waals surface area contributed by atoms with E-state index in [0.29, 0.717) is 6.54 Å². The standard InChI is InChI=1S/C15H23NO3/c1-6-16-15(4,14(17)18-5)12-7-9-13(10-8-12)19-11(2)3/h7-11,16H,6H2,1-5H3. The molecule has 1 rings (SSSR count). The molecule has 0 amide bonds. The summed E-state index contributed by atoms with van der Waals surface area (Å²) in [6.45, 7) is 8.41. The van der Waals surface area contributed by atoms with Crippen molar-refractivity contribution in [2.45, 2.75) is 39.3 Å². The lowest BCUT2D eigenvalue weighted by atomic mass is 9.92. The van der Waals surface area contributed by atoms with Crippen molar-refractivity contribution in [2.75, 3.05) is 13.7 Å². The number of rotatable bonds is 6. The Morgan fingerprint density at radius 1 is 1.32 bits per heavy atom. The highest BCUT2D eigenvalue weighted by Crippen LogP contribution is 2.25. The summed E-state index contributed by atoms with van der Waals surface area (Å²) in [5.41, 5.74) is 0.0251. The van der Waals surface area contributed by atoms with Gasteiger partial charge in [-0.15, -0.1) is 0 Å². The van der Waals surface area contributed by atoms with E-state index in [2.05, 4.69) is 5.32 Å². The maximum absolute atomic E-state index is 12.0. The predicted molar refractivity (Wildman–Crippen MR) is 75.3 cm³/mol. The molecule has 19 heavy (non-hydrogen) atoms. The van der Waals surface area contributed by atoms with Crippen molar-refractivity contribution in [3.05, 3.63) is 29.8 Å². The Morgan fingerprint density at radius 2 is 1.89 bits per heavy atom. The first-order valence-corrected chi connectivity index (χ1v) is 6.54. The first-order chi connectivity index (χ1) is 8.93. The van der Waals surface area contributed by atoms with Crippen molar-refractivity contribution < 1.29 is 14.3 Å². The number of carbonyl (C=O) groups excluding carboxylic acids is 1. The molecule has 0 heterocycles. The minimum atomic E-state index is -0.833. The smallest absolute Gasteiger partial charge is 0.330 e. The Labute approximate surface area is 115 Å². The summed E-state index contributed by atoms with van der Waals surface area (Å²) in [4.78, 5) is 12.0. The zero-order chi connectivity index (χ0) is 14.5. The Morgan fingerprint density at radius 3 is 2.32 bits per heavy atom. The van der Waals surface area contributed by atoms with E-state index in [1.807, 2.05) is 52.0 Å². The highest BCUT2D eigenvalue weighted by atomic mass is 16.5. The van der Waals surface area contributed by atoms with Crippen LogP contribution in [0.25, 0.3) is 0 Å². The highest BCUT2D eigenvalue weighted by molar-refractivity contribution is 5.82. The van der Waals surface area contributed by atoms with Crippen LogP contribution in [-0.4, -0.2) is 25.7 Å². The lowest BCUT2D eigenvalue weighted by Crippen LogP contribution is -2.47. The first kappa shape index (κ1) is 15.5. The fraction of sp³-hybridized carbons (Fsp3) is 0.533. The van der Waals surface area contributed by atoms with Crippen LogP contribution >= 0.6 is 0 Å². The molecule has 1 aromatic carbocycles. The largest absolute Gasteiger partial charge is 0.491 e. The molecule has 1 atom stereocenters. The van der Waals surface area contributed by atoms with Gasteiger partial charge in [0.05, 0.1) is 13.2 Å². The van der Waals surface area contributed by atoms with Gasteiger partial charge in [0.1, 0.15) is 11.3 Å². The lowest BCUT2D eigenvalue weighted by Gasteiger charge is -2.28. The summed E-state index contributed by atoms with van der Waals surface area (Å²) in [5.74, 6) is 0.495. The van der Waals surface area contributed by atoms with Crippen LogP contribution in [0.5, 0.6) is 5.75 Å². The van der Waals surface area contributed by atoms with E-state index in [1.165, 1.54) is 7.11 Å². The van der Waals surface area contributed by atoms with Crippen molar-refractivity contribution >= 4 is 5.97 Å². The van der Waals surface area contributed by atoms with Gasteiger partial charge in [-0.3, -0.25) is 5.32 Å². The molecule has 4 nitrogen and oxygen atoms in total. The van der Waals surface area contributed by atoms with Gasteiger partial charge >= 0.3 is 5.97 Å². The van der Waals surface area contributed by atoms with Crippen molar-refractivity contribution in [3.8, 4) is 5.75 Å². The number of hydrogen-bond donors (Lipinski definition) is 1. The van der Waals surface area contributed by atoms with Gasteiger partial charge in [-0.05, 0) is 45.0 Å². The normalized spacial score (nSPS) is 14.0. The maximum Gasteiger partial charge on any atom is 0.330 e. The third-order valence-electron chi connectivity index (χ3n) is 2.93. The SMILES string of the molecule is CCNC(C)(C(=O)OC)c1ccc(OC(C)C)cc1. The van der Waals surface area contributed by atoms with Crippen LogP contribution in [0.2, 0.25) is 0 Å². The van der Waals surface area contributed by atoms with Crippen LogP contribution in [0.4, 0.5) is 0 Å². The molecule has 0 fully saturated rings. The second kappa shape index (κ2) is 6.57. The van der Waals surface area contributed by atoms with Gasteiger partial charge in [-0.25, -0.2) is 4.79 Å². The molecular weight excluding hydrogens is 242 g/mol. The Hall–Kier alpha value is -1.55. The number of esters is 1. The van der Waals surface area contributed by atoms with E-state index in [9.17, 15) is 4.79 Å². The van der Waals surface area contributed by atoms with Crippen LogP contribution in [0, 0.1) is 0 Å². The quantitative estimate of drug-likeness (QED) is 0.803. The van der Waals surface area contributed by atoms with Crippen LogP contribution in [-0.2, 0) is 15.1 Å². The van der Waals surface area contributed by atoms with E-state index in [-0.39, 0.29) is 12.1 Å². The fourth-order valence-electron chi connectivity index (χ4n) is 1.99. The third kappa shape index (κ3) is 3.70. The second-order valence-electron chi connectivity index (χ2n) is 4.84. The average Bonchev–Trinajstić information content (AvgIpc) is 2.38. The molecule has 1 aromatic rings. The van der Waals surface area contributed by atoms with Crippen molar-refractivity contribution in [2.24, 2.45) is 0 Å². The molecule has 0 aromatic heterocycles. The molecule has 0 aliphatic heterocycles. The molecule has 0 aliphatic rings. The number of hydrogen-bond acceptors (Lipinski definition) is 4. The van der Waals surface area contributed by atoms with E-state index in [0.717, 1.165) is 11.3 Å². The first-order valence-electron chi connectivity index (χ1n) is 6.54. The molecule has 1 N–H and O–H groups in total. The summed E-state index contributed by atoms with van der Waals surface area (Å²) in [7, 11) is 1.40. The number of ether oxygens (including phenoxy) is 2. The average molecular weight is 265 g/mol.